The zero-order chi connectivity index (χ0) is 15.0. The predicted octanol–water partition coefficient (Wildman–Crippen LogP) is 0.625. The third-order valence-corrected chi connectivity index (χ3v) is 2.38. The lowest BCUT2D eigenvalue weighted by Crippen LogP contribution is -2.39. The predicted molar refractivity (Wildman–Crippen MR) is 75.0 cm³/mol. The molecule has 3 N–H and O–H groups in total. The van der Waals surface area contributed by atoms with Gasteiger partial charge in [0.2, 0.25) is 5.91 Å². The highest BCUT2D eigenvalue weighted by Gasteiger charge is 2.03. The van der Waals surface area contributed by atoms with Crippen molar-refractivity contribution in [1.82, 2.24) is 15.5 Å². The summed E-state index contributed by atoms with van der Waals surface area (Å²) >= 11 is 0. The lowest BCUT2D eigenvalue weighted by atomic mass is 10.3. The fourth-order valence-corrected chi connectivity index (χ4v) is 1.39. The lowest BCUT2D eigenvalue weighted by Gasteiger charge is -2.12. The third kappa shape index (κ3) is 6.14. The van der Waals surface area contributed by atoms with Gasteiger partial charge in [0.1, 0.15) is 5.82 Å². The second kappa shape index (κ2) is 8.11. The molecule has 0 unspecified atom stereocenters. The van der Waals surface area contributed by atoms with Gasteiger partial charge in [0.15, 0.2) is 0 Å². The first kappa shape index (κ1) is 15.9. The molecule has 0 fully saturated rings. The average Bonchev–Trinajstić information content (AvgIpc) is 2.37. The van der Waals surface area contributed by atoms with Gasteiger partial charge in [0, 0.05) is 32.9 Å². The van der Waals surface area contributed by atoms with Gasteiger partial charge in [0.25, 0.3) is 0 Å². The summed E-state index contributed by atoms with van der Waals surface area (Å²) in [5.74, 6) is -0.670. The van der Waals surface area contributed by atoms with Crippen LogP contribution in [0.2, 0.25) is 0 Å². The minimum atomic E-state index is -0.401. The van der Waals surface area contributed by atoms with Crippen LogP contribution >= 0.6 is 0 Å². The van der Waals surface area contributed by atoms with Crippen molar-refractivity contribution in [3.63, 3.8) is 0 Å². The molecule has 0 heterocycles. The summed E-state index contributed by atoms with van der Waals surface area (Å²) in [7, 11) is 3.30. The minimum Gasteiger partial charge on any atom is -0.337 e. The number of urea groups is 1. The van der Waals surface area contributed by atoms with Crippen LogP contribution in [0.4, 0.5) is 14.9 Å². The molecule has 0 aromatic heterocycles. The molecule has 0 aliphatic heterocycles. The molecular weight excluding hydrogens is 263 g/mol. The Balaban J connectivity index is 2.16. The third-order valence-electron chi connectivity index (χ3n) is 2.38. The topological polar surface area (TPSA) is 73.5 Å². The van der Waals surface area contributed by atoms with Gasteiger partial charge in [-0.05, 0) is 18.2 Å². The summed E-state index contributed by atoms with van der Waals surface area (Å²) < 4.78 is 12.9. The molecule has 3 amide bonds. The maximum atomic E-state index is 12.9. The molecule has 7 heteroatoms. The fourth-order valence-electron chi connectivity index (χ4n) is 1.39. The summed E-state index contributed by atoms with van der Waals surface area (Å²) in [6.07, 6.45) is 0. The summed E-state index contributed by atoms with van der Waals surface area (Å²) in [6, 6.07) is 5.50. The normalized spacial score (nSPS) is 9.95. The number of hydrogen-bond acceptors (Lipinski definition) is 3. The molecule has 1 aromatic carbocycles. The smallest absolute Gasteiger partial charge is 0.316 e. The van der Waals surface area contributed by atoms with Crippen LogP contribution in [0.3, 0.4) is 0 Å². The largest absolute Gasteiger partial charge is 0.337 e. The first-order valence-corrected chi connectivity index (χ1v) is 6.20. The number of anilines is 1. The van der Waals surface area contributed by atoms with Crippen molar-refractivity contribution < 1.29 is 14.0 Å². The van der Waals surface area contributed by atoms with E-state index in [1.165, 1.54) is 23.1 Å². The monoisotopic (exact) mass is 282 g/mol. The Morgan fingerprint density at radius 1 is 1.25 bits per heavy atom. The van der Waals surface area contributed by atoms with Gasteiger partial charge in [0.05, 0.1) is 6.54 Å². The van der Waals surface area contributed by atoms with Crippen LogP contribution in [-0.2, 0) is 4.79 Å². The zero-order valence-corrected chi connectivity index (χ0v) is 11.6. The highest BCUT2D eigenvalue weighted by molar-refractivity contribution is 5.92. The molecule has 1 rings (SSSR count). The van der Waals surface area contributed by atoms with E-state index in [1.54, 1.807) is 20.2 Å². The summed E-state index contributed by atoms with van der Waals surface area (Å²) in [5, 5.41) is 8.10. The molecule has 110 valence electrons. The molecule has 1 aromatic rings. The van der Waals surface area contributed by atoms with Crippen LogP contribution < -0.4 is 16.0 Å². The first-order valence-electron chi connectivity index (χ1n) is 6.20. The van der Waals surface area contributed by atoms with Crippen LogP contribution in [0.1, 0.15) is 0 Å². The SMILES string of the molecule is CN(C)C(=O)NCCNCC(=O)Nc1cccc(F)c1. The van der Waals surface area contributed by atoms with E-state index < -0.39 is 5.82 Å². The van der Waals surface area contributed by atoms with E-state index in [4.69, 9.17) is 0 Å². The Labute approximate surface area is 117 Å². The van der Waals surface area contributed by atoms with Gasteiger partial charge < -0.3 is 20.9 Å². The van der Waals surface area contributed by atoms with Gasteiger partial charge in [-0.3, -0.25) is 4.79 Å². The fraction of sp³-hybridized carbons (Fsp3) is 0.385. The van der Waals surface area contributed by atoms with Gasteiger partial charge in [-0.2, -0.15) is 0 Å². The van der Waals surface area contributed by atoms with Gasteiger partial charge in [-0.25, -0.2) is 9.18 Å². The van der Waals surface area contributed by atoms with Gasteiger partial charge in [-0.1, -0.05) is 6.07 Å². The van der Waals surface area contributed by atoms with E-state index in [2.05, 4.69) is 16.0 Å². The van der Waals surface area contributed by atoms with Crippen molar-refractivity contribution in [3.05, 3.63) is 30.1 Å². The molecule has 0 aliphatic carbocycles. The van der Waals surface area contributed by atoms with E-state index in [0.717, 1.165) is 0 Å². The van der Waals surface area contributed by atoms with Crippen molar-refractivity contribution in [2.75, 3.05) is 39.0 Å². The highest BCUT2D eigenvalue weighted by atomic mass is 19.1. The number of nitrogens with zero attached hydrogens (tertiary/aromatic N) is 1. The van der Waals surface area contributed by atoms with Crippen molar-refractivity contribution in [2.24, 2.45) is 0 Å². The van der Waals surface area contributed by atoms with E-state index in [1.807, 2.05) is 0 Å². The van der Waals surface area contributed by atoms with Gasteiger partial charge in [-0.15, -0.1) is 0 Å². The number of rotatable bonds is 6. The number of nitrogens with one attached hydrogen (secondary N) is 3. The Morgan fingerprint density at radius 3 is 2.65 bits per heavy atom. The first-order chi connectivity index (χ1) is 9.49. The average molecular weight is 282 g/mol. The van der Waals surface area contributed by atoms with E-state index in [0.29, 0.717) is 18.8 Å². The second-order valence-electron chi connectivity index (χ2n) is 4.36. The lowest BCUT2D eigenvalue weighted by molar-refractivity contribution is -0.115. The van der Waals surface area contributed by atoms with Crippen LogP contribution in [0.5, 0.6) is 0 Å². The summed E-state index contributed by atoms with van der Waals surface area (Å²) in [4.78, 5) is 24.1. The highest BCUT2D eigenvalue weighted by Crippen LogP contribution is 2.08. The zero-order valence-electron chi connectivity index (χ0n) is 11.6. The summed E-state index contributed by atoms with van der Waals surface area (Å²) in [5.41, 5.74) is 0.415. The Hall–Kier alpha value is -2.15. The minimum absolute atomic E-state index is 0.0916. The quantitative estimate of drug-likeness (QED) is 0.670. The molecule has 0 aliphatic rings. The van der Waals surface area contributed by atoms with Crippen LogP contribution in [-0.4, -0.2) is 50.6 Å². The Bertz CT molecular complexity index is 465. The number of carbonyl (C=O) groups is 2. The standard InChI is InChI=1S/C13H19FN4O2/c1-18(2)13(20)16-7-6-15-9-12(19)17-11-5-3-4-10(14)8-11/h3-5,8,15H,6-7,9H2,1-2H3,(H,16,20)(H,17,19). The number of hydrogen-bond donors (Lipinski definition) is 3. The van der Waals surface area contributed by atoms with Crippen molar-refractivity contribution in [1.29, 1.82) is 0 Å². The van der Waals surface area contributed by atoms with E-state index in [-0.39, 0.29) is 18.5 Å². The second-order valence-corrected chi connectivity index (χ2v) is 4.36. The maximum absolute atomic E-state index is 12.9. The van der Waals surface area contributed by atoms with Gasteiger partial charge >= 0.3 is 6.03 Å². The molecular formula is C13H19FN4O2. The number of amides is 3. The number of halogens is 1. The number of carbonyl (C=O) groups excluding carboxylic acids is 2. The van der Waals surface area contributed by atoms with E-state index >= 15 is 0 Å². The molecule has 0 saturated heterocycles. The molecule has 0 saturated carbocycles. The molecule has 0 radical (unpaired) electrons. The molecule has 6 nitrogen and oxygen atoms in total. The van der Waals surface area contributed by atoms with Crippen molar-refractivity contribution in [3.8, 4) is 0 Å². The van der Waals surface area contributed by atoms with Crippen LogP contribution in [0.25, 0.3) is 0 Å². The Kier molecular flexibility index (Phi) is 6.45. The summed E-state index contributed by atoms with van der Waals surface area (Å²) in [6.45, 7) is 0.981. The number of benzene rings is 1. The maximum Gasteiger partial charge on any atom is 0.316 e. The van der Waals surface area contributed by atoms with Crippen LogP contribution in [0, 0.1) is 5.82 Å². The molecule has 0 atom stereocenters. The molecule has 0 bridgehead atoms. The van der Waals surface area contributed by atoms with Crippen molar-refractivity contribution >= 4 is 17.6 Å². The molecule has 0 spiro atoms. The van der Waals surface area contributed by atoms with E-state index in [9.17, 15) is 14.0 Å². The molecule has 20 heavy (non-hydrogen) atoms. The Morgan fingerprint density at radius 2 is 2.00 bits per heavy atom. The van der Waals surface area contributed by atoms with Crippen LogP contribution in [0.15, 0.2) is 24.3 Å². The van der Waals surface area contributed by atoms with Crippen molar-refractivity contribution in [2.45, 2.75) is 0 Å².